The molecule has 0 saturated heterocycles. The maximum absolute atomic E-state index is 12.5. The van der Waals surface area contributed by atoms with E-state index in [-0.39, 0.29) is 5.95 Å². The molecule has 1 aromatic carbocycles. The van der Waals surface area contributed by atoms with Crippen molar-refractivity contribution in [2.75, 3.05) is 11.1 Å². The zero-order valence-electron chi connectivity index (χ0n) is 9.99. The van der Waals surface area contributed by atoms with Crippen LogP contribution in [0.5, 0.6) is 0 Å². The van der Waals surface area contributed by atoms with Crippen LogP contribution in [0.25, 0.3) is 0 Å². The first-order chi connectivity index (χ1) is 8.86. The van der Waals surface area contributed by atoms with Gasteiger partial charge >= 0.3 is 6.18 Å². The molecule has 0 radical (unpaired) electrons. The van der Waals surface area contributed by atoms with Gasteiger partial charge in [0.1, 0.15) is 5.69 Å². The van der Waals surface area contributed by atoms with Crippen molar-refractivity contribution in [1.82, 2.24) is 9.97 Å². The summed E-state index contributed by atoms with van der Waals surface area (Å²) in [6.07, 6.45) is -3.43. The highest BCUT2D eigenvalue weighted by Gasteiger charge is 2.32. The lowest BCUT2D eigenvalue weighted by atomic mass is 10.2. The molecular formula is C12H11F3N4. The first kappa shape index (κ1) is 13.1. The summed E-state index contributed by atoms with van der Waals surface area (Å²) in [5, 5.41) is 2.73. The highest BCUT2D eigenvalue weighted by Crippen LogP contribution is 2.28. The Morgan fingerprint density at radius 2 is 1.95 bits per heavy atom. The molecule has 19 heavy (non-hydrogen) atoms. The number of anilines is 3. The Kier molecular flexibility index (Phi) is 3.28. The van der Waals surface area contributed by atoms with E-state index in [1.807, 2.05) is 0 Å². The molecule has 3 N–H and O–H groups in total. The van der Waals surface area contributed by atoms with Gasteiger partial charge in [-0.25, -0.2) is 9.97 Å². The molecule has 4 nitrogen and oxygen atoms in total. The Balaban J connectivity index is 2.29. The molecule has 2 aromatic rings. The van der Waals surface area contributed by atoms with E-state index in [1.165, 1.54) is 0 Å². The average Bonchev–Trinajstić information content (AvgIpc) is 2.32. The maximum Gasteiger partial charge on any atom is 0.433 e. The van der Waals surface area contributed by atoms with Crippen LogP contribution in [0.1, 0.15) is 11.3 Å². The molecule has 0 aliphatic carbocycles. The molecule has 0 unspecified atom stereocenters. The highest BCUT2D eigenvalue weighted by atomic mass is 19.4. The minimum atomic E-state index is -4.49. The van der Waals surface area contributed by atoms with Crippen molar-refractivity contribution in [2.45, 2.75) is 13.1 Å². The van der Waals surface area contributed by atoms with Crippen LogP contribution in [0, 0.1) is 6.92 Å². The lowest BCUT2D eigenvalue weighted by Crippen LogP contribution is -2.10. The van der Waals surface area contributed by atoms with Gasteiger partial charge in [-0.05, 0) is 36.8 Å². The second kappa shape index (κ2) is 4.75. The molecule has 0 saturated carbocycles. The van der Waals surface area contributed by atoms with Gasteiger partial charge < -0.3 is 11.1 Å². The van der Waals surface area contributed by atoms with Gasteiger partial charge in [-0.1, -0.05) is 0 Å². The highest BCUT2D eigenvalue weighted by molar-refractivity contribution is 5.62. The van der Waals surface area contributed by atoms with Crippen LogP contribution < -0.4 is 11.1 Å². The number of aromatic nitrogens is 2. The van der Waals surface area contributed by atoms with Gasteiger partial charge in [-0.3, -0.25) is 0 Å². The zero-order chi connectivity index (χ0) is 14.0. The third-order valence-electron chi connectivity index (χ3n) is 2.44. The van der Waals surface area contributed by atoms with E-state index >= 15 is 0 Å². The molecule has 0 aliphatic rings. The van der Waals surface area contributed by atoms with E-state index < -0.39 is 11.9 Å². The maximum atomic E-state index is 12.5. The fourth-order valence-electron chi connectivity index (χ4n) is 1.52. The van der Waals surface area contributed by atoms with Crippen molar-refractivity contribution in [3.05, 3.63) is 41.7 Å². The monoisotopic (exact) mass is 268 g/mol. The van der Waals surface area contributed by atoms with Crippen molar-refractivity contribution < 1.29 is 13.2 Å². The van der Waals surface area contributed by atoms with Crippen LogP contribution in [0.3, 0.4) is 0 Å². The second-order valence-electron chi connectivity index (χ2n) is 3.96. The summed E-state index contributed by atoms with van der Waals surface area (Å²) in [4.78, 5) is 7.18. The van der Waals surface area contributed by atoms with Crippen molar-refractivity contribution in [3.8, 4) is 0 Å². The SMILES string of the molecule is Cc1cc(N)ccc1Nc1nccc(C(F)(F)F)n1. The van der Waals surface area contributed by atoms with Crippen LogP contribution in [0.2, 0.25) is 0 Å². The van der Waals surface area contributed by atoms with E-state index in [9.17, 15) is 13.2 Å². The van der Waals surface area contributed by atoms with Gasteiger partial charge in [0.05, 0.1) is 0 Å². The zero-order valence-corrected chi connectivity index (χ0v) is 9.99. The standard InChI is InChI=1S/C12H11F3N4/c1-7-6-8(16)2-3-9(7)18-11-17-5-4-10(19-11)12(13,14)15/h2-6H,16H2,1H3,(H,17,18,19). The topological polar surface area (TPSA) is 63.8 Å². The number of hydrogen-bond acceptors (Lipinski definition) is 4. The van der Waals surface area contributed by atoms with E-state index in [2.05, 4.69) is 15.3 Å². The van der Waals surface area contributed by atoms with Crippen molar-refractivity contribution in [1.29, 1.82) is 0 Å². The third-order valence-corrected chi connectivity index (χ3v) is 2.44. The van der Waals surface area contributed by atoms with Crippen molar-refractivity contribution in [2.24, 2.45) is 0 Å². The minimum Gasteiger partial charge on any atom is -0.399 e. The van der Waals surface area contributed by atoms with E-state index in [4.69, 9.17) is 5.73 Å². The van der Waals surface area contributed by atoms with Gasteiger partial charge in [0.25, 0.3) is 0 Å². The van der Waals surface area contributed by atoms with Crippen molar-refractivity contribution >= 4 is 17.3 Å². The number of nitrogen functional groups attached to an aromatic ring is 1. The molecule has 0 fully saturated rings. The molecule has 0 aliphatic heterocycles. The molecule has 100 valence electrons. The number of halogens is 3. The van der Waals surface area contributed by atoms with Gasteiger partial charge in [-0.2, -0.15) is 13.2 Å². The third kappa shape index (κ3) is 3.12. The predicted molar refractivity (Wildman–Crippen MR) is 65.9 cm³/mol. The summed E-state index contributed by atoms with van der Waals surface area (Å²) in [6, 6.07) is 5.83. The largest absolute Gasteiger partial charge is 0.433 e. The summed E-state index contributed by atoms with van der Waals surface area (Å²) in [5.41, 5.74) is 6.58. The average molecular weight is 268 g/mol. The first-order valence-corrected chi connectivity index (χ1v) is 5.39. The molecule has 2 rings (SSSR count). The van der Waals surface area contributed by atoms with Crippen LogP contribution >= 0.6 is 0 Å². The molecule has 1 heterocycles. The summed E-state index contributed by atoms with van der Waals surface area (Å²) >= 11 is 0. The number of aryl methyl sites for hydroxylation is 1. The van der Waals surface area contributed by atoms with Gasteiger partial charge in [-0.15, -0.1) is 0 Å². The van der Waals surface area contributed by atoms with Crippen LogP contribution in [0.15, 0.2) is 30.5 Å². The quantitative estimate of drug-likeness (QED) is 0.821. The fourth-order valence-corrected chi connectivity index (χ4v) is 1.52. The van der Waals surface area contributed by atoms with Gasteiger partial charge in [0.15, 0.2) is 0 Å². The molecule has 0 bridgehead atoms. The number of benzene rings is 1. The Bertz CT molecular complexity index is 596. The van der Waals surface area contributed by atoms with E-state index in [1.54, 1.807) is 25.1 Å². The second-order valence-corrected chi connectivity index (χ2v) is 3.96. The molecule has 0 spiro atoms. The molecular weight excluding hydrogens is 257 g/mol. The number of nitrogens with zero attached hydrogens (tertiary/aromatic N) is 2. The number of nitrogens with one attached hydrogen (secondary N) is 1. The van der Waals surface area contributed by atoms with Crippen LogP contribution in [-0.4, -0.2) is 9.97 Å². The van der Waals surface area contributed by atoms with E-state index in [0.29, 0.717) is 11.4 Å². The van der Waals surface area contributed by atoms with Crippen molar-refractivity contribution in [3.63, 3.8) is 0 Å². The minimum absolute atomic E-state index is 0.109. The molecule has 0 atom stereocenters. The first-order valence-electron chi connectivity index (χ1n) is 5.39. The molecule has 7 heteroatoms. The Labute approximate surface area is 107 Å². The normalized spacial score (nSPS) is 11.4. The molecule has 0 amide bonds. The van der Waals surface area contributed by atoms with Crippen LogP contribution in [0.4, 0.5) is 30.5 Å². The summed E-state index contributed by atoms with van der Waals surface area (Å²) < 4.78 is 37.5. The van der Waals surface area contributed by atoms with Crippen LogP contribution in [-0.2, 0) is 6.18 Å². The summed E-state index contributed by atoms with van der Waals surface area (Å²) in [7, 11) is 0. The lowest BCUT2D eigenvalue weighted by molar-refractivity contribution is -0.141. The van der Waals surface area contributed by atoms with Gasteiger partial charge in [0.2, 0.25) is 5.95 Å². The number of hydrogen-bond donors (Lipinski definition) is 2. The lowest BCUT2D eigenvalue weighted by Gasteiger charge is -2.10. The number of rotatable bonds is 2. The number of alkyl halides is 3. The summed E-state index contributed by atoms with van der Waals surface area (Å²) in [6.45, 7) is 1.78. The van der Waals surface area contributed by atoms with Gasteiger partial charge in [0, 0.05) is 17.6 Å². The Hall–Kier alpha value is -2.31. The Morgan fingerprint density at radius 1 is 1.21 bits per heavy atom. The summed E-state index contributed by atoms with van der Waals surface area (Å²) in [5.74, 6) is -0.109. The fraction of sp³-hybridized carbons (Fsp3) is 0.167. The number of nitrogens with two attached hydrogens (primary N) is 1. The van der Waals surface area contributed by atoms with E-state index in [0.717, 1.165) is 17.8 Å². The predicted octanol–water partition coefficient (Wildman–Crippen LogP) is 3.13. The molecule has 1 aromatic heterocycles. The Morgan fingerprint density at radius 3 is 2.58 bits per heavy atom. The smallest absolute Gasteiger partial charge is 0.399 e.